The smallest absolute Gasteiger partial charge is 0.251 e. The molecule has 0 aromatic heterocycles. The highest BCUT2D eigenvalue weighted by atomic mass is 19.1. The van der Waals surface area contributed by atoms with Crippen molar-refractivity contribution in [2.75, 3.05) is 19.6 Å². The van der Waals surface area contributed by atoms with Gasteiger partial charge < -0.3 is 10.6 Å². The number of carbonyl (C=O) groups excluding carboxylic acids is 1. The number of hydrogen-bond acceptors (Lipinski definition) is 2. The lowest BCUT2D eigenvalue weighted by atomic mass is 9.76. The first-order valence-electron chi connectivity index (χ1n) is 8.50. The van der Waals surface area contributed by atoms with Crippen LogP contribution in [0.25, 0.3) is 0 Å². The zero-order chi connectivity index (χ0) is 18.5. The fraction of sp³-hybridized carbons (Fsp3) is 0.381. The minimum atomic E-state index is -0.753. The fourth-order valence-corrected chi connectivity index (χ4v) is 2.78. The Bertz CT molecular complexity index is 614. The van der Waals surface area contributed by atoms with Crippen molar-refractivity contribution in [3.8, 4) is 12.3 Å². The van der Waals surface area contributed by atoms with Crippen LogP contribution in [0.3, 0.4) is 0 Å². The molecule has 0 atom stereocenters. The second-order valence-corrected chi connectivity index (χ2v) is 6.07. The zero-order valence-electron chi connectivity index (χ0n) is 14.9. The lowest BCUT2D eigenvalue weighted by Gasteiger charge is -2.37. The van der Waals surface area contributed by atoms with E-state index < -0.39 is 5.83 Å². The van der Waals surface area contributed by atoms with E-state index >= 15 is 0 Å². The maximum Gasteiger partial charge on any atom is 0.251 e. The summed E-state index contributed by atoms with van der Waals surface area (Å²) in [5.74, 6) is 0.828. The van der Waals surface area contributed by atoms with E-state index in [9.17, 15) is 9.18 Å². The molecule has 0 saturated carbocycles. The van der Waals surface area contributed by atoms with Gasteiger partial charge in [-0.05, 0) is 56.7 Å². The van der Waals surface area contributed by atoms with Crippen LogP contribution in [0.15, 0.2) is 60.5 Å². The molecule has 3 nitrogen and oxygen atoms in total. The third kappa shape index (κ3) is 7.36. The van der Waals surface area contributed by atoms with Gasteiger partial charge in [0.2, 0.25) is 0 Å². The molecule has 1 amide bonds. The summed E-state index contributed by atoms with van der Waals surface area (Å²) in [6, 6.07) is 0. The number of terminal acetylenes is 1. The topological polar surface area (TPSA) is 41.1 Å². The lowest BCUT2D eigenvalue weighted by Crippen LogP contribution is -2.44. The quantitative estimate of drug-likeness (QED) is 0.402. The zero-order valence-corrected chi connectivity index (χ0v) is 14.9. The van der Waals surface area contributed by atoms with Gasteiger partial charge >= 0.3 is 0 Å². The summed E-state index contributed by atoms with van der Waals surface area (Å²) in [7, 11) is 0. The van der Waals surface area contributed by atoms with Crippen molar-refractivity contribution >= 4 is 5.91 Å². The molecule has 0 aromatic carbocycles. The second-order valence-electron chi connectivity index (χ2n) is 6.07. The summed E-state index contributed by atoms with van der Waals surface area (Å²) in [6.45, 7) is 7.72. The third-order valence-electron chi connectivity index (χ3n) is 4.33. The van der Waals surface area contributed by atoms with Gasteiger partial charge in [0.1, 0.15) is 0 Å². The van der Waals surface area contributed by atoms with Gasteiger partial charge in [-0.25, -0.2) is 0 Å². The van der Waals surface area contributed by atoms with Crippen molar-refractivity contribution in [1.82, 2.24) is 10.6 Å². The summed E-state index contributed by atoms with van der Waals surface area (Å²) in [5.41, 5.74) is 0.246. The Balaban J connectivity index is 2.74. The van der Waals surface area contributed by atoms with Crippen LogP contribution in [0.4, 0.5) is 4.39 Å². The molecule has 2 N–H and O–H groups in total. The van der Waals surface area contributed by atoms with Gasteiger partial charge in [-0.3, -0.25) is 4.79 Å². The molecule has 25 heavy (non-hydrogen) atoms. The first-order chi connectivity index (χ1) is 12.1. The van der Waals surface area contributed by atoms with Crippen LogP contribution in [0, 0.1) is 17.8 Å². The molecule has 1 aliphatic heterocycles. The van der Waals surface area contributed by atoms with Gasteiger partial charge in [0.15, 0.2) is 5.83 Å². The first-order valence-corrected chi connectivity index (χ1v) is 8.50. The Morgan fingerprint density at radius 3 is 2.68 bits per heavy atom. The van der Waals surface area contributed by atoms with E-state index in [4.69, 9.17) is 6.42 Å². The minimum Gasteiger partial charge on any atom is -0.351 e. The Labute approximate surface area is 150 Å². The number of rotatable bonds is 8. The maximum absolute atomic E-state index is 13.2. The molecule has 0 aromatic rings. The van der Waals surface area contributed by atoms with E-state index in [-0.39, 0.29) is 16.9 Å². The van der Waals surface area contributed by atoms with Crippen LogP contribution in [0.5, 0.6) is 0 Å². The van der Waals surface area contributed by atoms with Crippen LogP contribution < -0.4 is 10.6 Å². The Morgan fingerprint density at radius 2 is 2.08 bits per heavy atom. The molecule has 1 fully saturated rings. The Hall–Kier alpha value is -2.38. The van der Waals surface area contributed by atoms with Gasteiger partial charge in [-0.2, -0.15) is 4.39 Å². The highest BCUT2D eigenvalue weighted by molar-refractivity contribution is 5.96. The molecule has 1 rings (SSSR count). The third-order valence-corrected chi connectivity index (χ3v) is 4.33. The van der Waals surface area contributed by atoms with Crippen molar-refractivity contribution < 1.29 is 9.18 Å². The largest absolute Gasteiger partial charge is 0.351 e. The van der Waals surface area contributed by atoms with E-state index in [0.29, 0.717) is 6.54 Å². The molecule has 4 heteroatoms. The van der Waals surface area contributed by atoms with Crippen LogP contribution in [0.1, 0.15) is 26.2 Å². The minimum absolute atomic E-state index is 0.00660. The van der Waals surface area contributed by atoms with Crippen molar-refractivity contribution in [2.24, 2.45) is 5.41 Å². The van der Waals surface area contributed by atoms with Gasteiger partial charge in [0, 0.05) is 12.1 Å². The Morgan fingerprint density at radius 1 is 1.36 bits per heavy atom. The number of piperidine rings is 1. The summed E-state index contributed by atoms with van der Waals surface area (Å²) < 4.78 is 13.2. The van der Waals surface area contributed by atoms with Gasteiger partial charge in [-0.15, -0.1) is 6.42 Å². The monoisotopic (exact) mass is 342 g/mol. The van der Waals surface area contributed by atoms with E-state index in [1.165, 1.54) is 0 Å². The molecule has 1 heterocycles. The second kappa shape index (κ2) is 11.2. The van der Waals surface area contributed by atoms with Crippen molar-refractivity contribution in [3.05, 3.63) is 60.5 Å². The predicted octanol–water partition coefficient (Wildman–Crippen LogP) is 3.59. The highest BCUT2D eigenvalue weighted by Crippen LogP contribution is 2.32. The molecular formula is C21H27FN2O. The number of hydrogen-bond donors (Lipinski definition) is 2. The number of nitrogens with one attached hydrogen (secondary N) is 2. The van der Waals surface area contributed by atoms with E-state index in [2.05, 4.69) is 23.3 Å². The maximum atomic E-state index is 13.2. The molecule has 0 radical (unpaired) electrons. The van der Waals surface area contributed by atoms with Crippen molar-refractivity contribution in [2.45, 2.75) is 26.2 Å². The summed E-state index contributed by atoms with van der Waals surface area (Å²) in [5, 5.41) is 6.29. The molecule has 134 valence electrons. The molecule has 0 bridgehead atoms. The molecule has 0 aliphatic carbocycles. The standard InChI is InChI=1S/C21H27FN2O/c1-4-7-8-9-10-11-21(12-14-23-15-13-21)17-24-20(25)18(5-2)16-19(22)6-3/h3-5,7-10,16,23H,1,11-15,17H2,2H3,(H,24,25)/b8-7-,10-9-,18-5+,19-16+. The predicted molar refractivity (Wildman–Crippen MR) is 102 cm³/mol. The number of halogens is 1. The number of amides is 1. The molecule has 1 aliphatic rings. The average molecular weight is 342 g/mol. The molecule has 0 unspecified atom stereocenters. The summed E-state index contributed by atoms with van der Waals surface area (Å²) in [6.07, 6.45) is 20.1. The van der Waals surface area contributed by atoms with Gasteiger partial charge in [-0.1, -0.05) is 43.0 Å². The Kier molecular flexibility index (Phi) is 9.28. The fourth-order valence-electron chi connectivity index (χ4n) is 2.78. The van der Waals surface area contributed by atoms with Gasteiger partial charge in [0.05, 0.1) is 0 Å². The van der Waals surface area contributed by atoms with Crippen LogP contribution in [-0.2, 0) is 4.79 Å². The van der Waals surface area contributed by atoms with Gasteiger partial charge in [0.25, 0.3) is 5.91 Å². The summed E-state index contributed by atoms with van der Waals surface area (Å²) >= 11 is 0. The highest BCUT2D eigenvalue weighted by Gasteiger charge is 2.31. The van der Waals surface area contributed by atoms with Crippen molar-refractivity contribution in [3.63, 3.8) is 0 Å². The molecule has 0 spiro atoms. The van der Waals surface area contributed by atoms with Crippen LogP contribution in [-0.4, -0.2) is 25.5 Å². The molecular weight excluding hydrogens is 315 g/mol. The van der Waals surface area contributed by atoms with Crippen LogP contribution in [0.2, 0.25) is 0 Å². The first kappa shape index (κ1) is 20.7. The van der Waals surface area contributed by atoms with E-state index in [1.54, 1.807) is 19.1 Å². The summed E-state index contributed by atoms with van der Waals surface area (Å²) in [4.78, 5) is 12.3. The SMILES string of the molecule is C#C/C(F)=C\C(=C/C)C(=O)NCC1(C/C=C\C=C/C=C)CCNCC1. The normalized spacial score (nSPS) is 18.3. The lowest BCUT2D eigenvalue weighted by molar-refractivity contribution is -0.117. The van der Waals surface area contributed by atoms with E-state index in [1.807, 2.05) is 24.1 Å². The van der Waals surface area contributed by atoms with Crippen LogP contribution >= 0.6 is 0 Å². The number of allylic oxidation sites excluding steroid dienone is 7. The van der Waals surface area contributed by atoms with E-state index in [0.717, 1.165) is 38.4 Å². The van der Waals surface area contributed by atoms with Crippen molar-refractivity contribution in [1.29, 1.82) is 0 Å². The number of carbonyl (C=O) groups is 1. The molecule has 1 saturated heterocycles. The average Bonchev–Trinajstić information content (AvgIpc) is 2.64.